The molecular formula is C19H27N3O2. The molecule has 1 saturated carbocycles. The van der Waals surface area contributed by atoms with Crippen LogP contribution in [-0.2, 0) is 17.8 Å². The predicted octanol–water partition coefficient (Wildman–Crippen LogP) is 2.56. The SMILES string of the molecule is CCn1c(CN2CC[C@]3(OC)CC[C@@H](O)C[C@H]23)nc2ccccc21. The average Bonchev–Trinajstić information content (AvgIpc) is 3.13. The van der Waals surface area contributed by atoms with Crippen LogP contribution in [0.1, 0.15) is 38.4 Å². The lowest BCUT2D eigenvalue weighted by Gasteiger charge is -2.42. The number of ether oxygens (including phenoxy) is 1. The van der Waals surface area contributed by atoms with Gasteiger partial charge in [-0.2, -0.15) is 0 Å². The second kappa shape index (κ2) is 6.14. The topological polar surface area (TPSA) is 50.5 Å². The minimum Gasteiger partial charge on any atom is -0.393 e. The van der Waals surface area contributed by atoms with Crippen LogP contribution in [-0.4, -0.2) is 51.0 Å². The van der Waals surface area contributed by atoms with E-state index in [9.17, 15) is 5.11 Å². The van der Waals surface area contributed by atoms with Gasteiger partial charge in [0.1, 0.15) is 5.82 Å². The molecule has 0 spiro atoms. The number of methoxy groups -OCH3 is 1. The van der Waals surface area contributed by atoms with Crippen LogP contribution in [0, 0.1) is 0 Å². The van der Waals surface area contributed by atoms with Gasteiger partial charge in [-0.1, -0.05) is 12.1 Å². The van der Waals surface area contributed by atoms with Crippen LogP contribution in [0.15, 0.2) is 24.3 Å². The van der Waals surface area contributed by atoms with E-state index in [1.165, 1.54) is 5.52 Å². The van der Waals surface area contributed by atoms with E-state index < -0.39 is 0 Å². The van der Waals surface area contributed by atoms with E-state index in [1.807, 2.05) is 13.2 Å². The Bertz CT molecular complexity index is 728. The molecule has 4 rings (SSSR count). The molecule has 0 amide bonds. The van der Waals surface area contributed by atoms with Crippen molar-refractivity contribution in [3.63, 3.8) is 0 Å². The molecule has 0 unspecified atom stereocenters. The molecule has 3 atom stereocenters. The normalized spacial score (nSPS) is 30.8. The molecule has 2 aliphatic rings. The Labute approximate surface area is 143 Å². The van der Waals surface area contributed by atoms with Crippen LogP contribution in [0.3, 0.4) is 0 Å². The van der Waals surface area contributed by atoms with Crippen LogP contribution in [0.4, 0.5) is 0 Å². The number of aryl methyl sites for hydroxylation is 1. The maximum Gasteiger partial charge on any atom is 0.124 e. The van der Waals surface area contributed by atoms with Gasteiger partial charge in [0.15, 0.2) is 0 Å². The minimum atomic E-state index is -0.205. The molecule has 2 aromatic rings. The number of likely N-dealkylation sites (tertiary alicyclic amines) is 1. The van der Waals surface area contributed by atoms with Gasteiger partial charge in [-0.05, 0) is 44.7 Å². The zero-order valence-corrected chi connectivity index (χ0v) is 14.6. The first-order chi connectivity index (χ1) is 11.7. The van der Waals surface area contributed by atoms with Gasteiger partial charge < -0.3 is 14.4 Å². The number of imidazole rings is 1. The van der Waals surface area contributed by atoms with Crippen molar-refractivity contribution in [2.24, 2.45) is 0 Å². The quantitative estimate of drug-likeness (QED) is 0.937. The number of para-hydroxylation sites is 2. The minimum absolute atomic E-state index is 0.0811. The molecule has 2 fully saturated rings. The van der Waals surface area contributed by atoms with Crippen LogP contribution >= 0.6 is 0 Å². The molecule has 1 saturated heterocycles. The number of fused-ring (bicyclic) bond motifs is 2. The lowest BCUT2D eigenvalue weighted by Crippen LogP contribution is -2.51. The maximum absolute atomic E-state index is 10.2. The first-order valence-electron chi connectivity index (χ1n) is 9.08. The van der Waals surface area contributed by atoms with Crippen molar-refractivity contribution in [3.05, 3.63) is 30.1 Å². The number of benzene rings is 1. The summed E-state index contributed by atoms with van der Waals surface area (Å²) in [6.45, 7) is 4.93. The molecule has 5 heteroatoms. The number of aliphatic hydroxyl groups excluding tert-OH is 1. The number of rotatable bonds is 4. The molecule has 1 aromatic heterocycles. The lowest BCUT2D eigenvalue weighted by molar-refractivity contribution is -0.0882. The van der Waals surface area contributed by atoms with E-state index in [1.54, 1.807) is 0 Å². The van der Waals surface area contributed by atoms with Gasteiger partial charge in [0, 0.05) is 26.2 Å². The highest BCUT2D eigenvalue weighted by Crippen LogP contribution is 2.43. The Hall–Kier alpha value is -1.43. The summed E-state index contributed by atoms with van der Waals surface area (Å²) in [6, 6.07) is 8.63. The number of nitrogens with zero attached hydrogens (tertiary/aromatic N) is 3. The number of hydrogen-bond donors (Lipinski definition) is 1. The van der Waals surface area contributed by atoms with Gasteiger partial charge in [0.25, 0.3) is 0 Å². The fourth-order valence-electron chi connectivity index (χ4n) is 4.74. The molecule has 1 aliphatic carbocycles. The Balaban J connectivity index is 1.64. The van der Waals surface area contributed by atoms with Crippen molar-refractivity contribution in [3.8, 4) is 0 Å². The van der Waals surface area contributed by atoms with E-state index in [-0.39, 0.29) is 17.7 Å². The van der Waals surface area contributed by atoms with Gasteiger partial charge >= 0.3 is 0 Å². The van der Waals surface area contributed by atoms with Crippen molar-refractivity contribution in [2.45, 2.75) is 63.4 Å². The zero-order chi connectivity index (χ0) is 16.7. The fraction of sp³-hybridized carbons (Fsp3) is 0.632. The Kier molecular flexibility index (Phi) is 4.11. The van der Waals surface area contributed by atoms with Crippen LogP contribution < -0.4 is 0 Å². The number of aliphatic hydroxyl groups is 1. The van der Waals surface area contributed by atoms with Crippen molar-refractivity contribution < 1.29 is 9.84 Å². The number of hydrogen-bond acceptors (Lipinski definition) is 4. The molecule has 1 aromatic carbocycles. The summed E-state index contributed by atoms with van der Waals surface area (Å²) in [6.07, 6.45) is 3.46. The van der Waals surface area contributed by atoms with Crippen molar-refractivity contribution in [2.75, 3.05) is 13.7 Å². The summed E-state index contributed by atoms with van der Waals surface area (Å²) >= 11 is 0. The van der Waals surface area contributed by atoms with Gasteiger partial charge in [0.2, 0.25) is 0 Å². The standard InChI is InChI=1S/C19H27N3O2/c1-3-22-16-7-5-4-6-15(16)20-18(22)13-21-11-10-19(24-2)9-8-14(23)12-17(19)21/h4-7,14,17,23H,3,8-13H2,1-2H3/t14-,17+,19-/m1/s1. The summed E-state index contributed by atoms with van der Waals surface area (Å²) in [5, 5.41) is 10.2. The molecule has 130 valence electrons. The molecule has 2 heterocycles. The predicted molar refractivity (Wildman–Crippen MR) is 93.8 cm³/mol. The van der Waals surface area contributed by atoms with Gasteiger partial charge in [-0.15, -0.1) is 0 Å². The van der Waals surface area contributed by atoms with E-state index in [2.05, 4.69) is 34.6 Å². The second-order valence-corrected chi connectivity index (χ2v) is 7.19. The van der Waals surface area contributed by atoms with Gasteiger partial charge in [-0.25, -0.2) is 4.98 Å². The van der Waals surface area contributed by atoms with E-state index in [4.69, 9.17) is 9.72 Å². The summed E-state index contributed by atoms with van der Waals surface area (Å²) in [5.74, 6) is 1.12. The van der Waals surface area contributed by atoms with E-state index in [0.717, 1.165) is 56.7 Å². The van der Waals surface area contributed by atoms with Crippen molar-refractivity contribution in [1.29, 1.82) is 0 Å². The van der Waals surface area contributed by atoms with Crippen LogP contribution in [0.25, 0.3) is 11.0 Å². The third-order valence-corrected chi connectivity index (χ3v) is 6.07. The number of aromatic nitrogens is 2. The van der Waals surface area contributed by atoms with Crippen LogP contribution in [0.2, 0.25) is 0 Å². The third-order valence-electron chi connectivity index (χ3n) is 6.07. The first-order valence-corrected chi connectivity index (χ1v) is 9.08. The van der Waals surface area contributed by atoms with E-state index >= 15 is 0 Å². The first kappa shape index (κ1) is 16.1. The van der Waals surface area contributed by atoms with Gasteiger partial charge in [0.05, 0.1) is 29.3 Å². The summed E-state index contributed by atoms with van der Waals surface area (Å²) in [7, 11) is 1.83. The Morgan fingerprint density at radius 3 is 2.96 bits per heavy atom. The second-order valence-electron chi connectivity index (χ2n) is 7.19. The van der Waals surface area contributed by atoms with Crippen molar-refractivity contribution in [1.82, 2.24) is 14.5 Å². The van der Waals surface area contributed by atoms with Crippen molar-refractivity contribution >= 4 is 11.0 Å². The molecule has 1 aliphatic heterocycles. The Morgan fingerprint density at radius 1 is 1.33 bits per heavy atom. The summed E-state index contributed by atoms with van der Waals surface area (Å²) in [4.78, 5) is 7.34. The Morgan fingerprint density at radius 2 is 2.17 bits per heavy atom. The summed E-state index contributed by atoms with van der Waals surface area (Å²) in [5.41, 5.74) is 2.19. The third kappa shape index (κ3) is 2.46. The molecule has 0 radical (unpaired) electrons. The zero-order valence-electron chi connectivity index (χ0n) is 14.6. The molecule has 0 bridgehead atoms. The molecular weight excluding hydrogens is 302 g/mol. The lowest BCUT2D eigenvalue weighted by atomic mass is 9.79. The molecule has 5 nitrogen and oxygen atoms in total. The highest BCUT2D eigenvalue weighted by Gasteiger charge is 2.50. The van der Waals surface area contributed by atoms with Gasteiger partial charge in [-0.3, -0.25) is 4.90 Å². The van der Waals surface area contributed by atoms with E-state index in [0.29, 0.717) is 0 Å². The summed E-state index contributed by atoms with van der Waals surface area (Å²) < 4.78 is 8.26. The molecule has 24 heavy (non-hydrogen) atoms. The smallest absolute Gasteiger partial charge is 0.124 e. The monoisotopic (exact) mass is 329 g/mol. The highest BCUT2D eigenvalue weighted by molar-refractivity contribution is 5.75. The molecule has 1 N–H and O–H groups in total. The fourth-order valence-corrected chi connectivity index (χ4v) is 4.74. The highest BCUT2D eigenvalue weighted by atomic mass is 16.5. The largest absolute Gasteiger partial charge is 0.393 e. The van der Waals surface area contributed by atoms with Crippen LogP contribution in [0.5, 0.6) is 0 Å². The maximum atomic E-state index is 10.2. The average molecular weight is 329 g/mol.